The molecule has 3 amide bonds. The minimum Gasteiger partial charge on any atom is -0.383 e. The molecule has 0 saturated heterocycles. The van der Waals surface area contributed by atoms with Crippen molar-refractivity contribution in [3.63, 3.8) is 0 Å². The number of ether oxygens (including phenoxy) is 1. The second kappa shape index (κ2) is 15.9. The van der Waals surface area contributed by atoms with Crippen molar-refractivity contribution in [3.05, 3.63) is 47.9 Å². The number of rotatable bonds is 16. The van der Waals surface area contributed by atoms with Crippen molar-refractivity contribution in [1.29, 1.82) is 0 Å². The highest BCUT2D eigenvalue weighted by Gasteiger charge is 2.28. The van der Waals surface area contributed by atoms with E-state index in [1.807, 2.05) is 18.7 Å². The normalized spacial score (nSPS) is 12.2. The maximum absolute atomic E-state index is 13.9. The van der Waals surface area contributed by atoms with Crippen LogP contribution in [0.3, 0.4) is 0 Å². The van der Waals surface area contributed by atoms with Gasteiger partial charge in [-0.1, -0.05) is 33.5 Å². The highest BCUT2D eigenvalue weighted by atomic mass is 28.3. The van der Waals surface area contributed by atoms with Gasteiger partial charge in [0.1, 0.15) is 24.7 Å². The molecule has 16 heteroatoms. The second-order valence-electron chi connectivity index (χ2n) is 12.8. The zero-order valence-electron chi connectivity index (χ0n) is 28.9. The van der Waals surface area contributed by atoms with Gasteiger partial charge in [0, 0.05) is 51.6 Å². The molecular formula is C32H47N11O4Si. The standard InChI is InChI=1S/C32H47N11O4Si/c1-8-14-41(31(45)30-36-19-38-42(30)20-47-15-16-48(5,6)7)23(9-2)11-12-25-27(21(3)44)28(33)43-29(39-25)24(18-37-43)22-10-13-26(35-17-22)40-32(46)34-4/h10,13,17-19,23H,8-9,11-12,14-16,20,33H2,1-7H3,(H2,34,35,40,46)/t23-/m1/s1. The summed E-state index contributed by atoms with van der Waals surface area (Å²) in [7, 11) is 0.264. The highest BCUT2D eigenvalue weighted by molar-refractivity contribution is 6.76. The van der Waals surface area contributed by atoms with Crippen LogP contribution in [0.15, 0.2) is 30.9 Å². The molecule has 4 rings (SSSR count). The topological polar surface area (TPSA) is 188 Å². The molecule has 0 fully saturated rings. The Hall–Kier alpha value is -4.70. The Morgan fingerprint density at radius 1 is 1.10 bits per heavy atom. The van der Waals surface area contributed by atoms with E-state index in [9.17, 15) is 14.4 Å². The van der Waals surface area contributed by atoms with Gasteiger partial charge >= 0.3 is 6.03 Å². The van der Waals surface area contributed by atoms with E-state index in [1.165, 1.54) is 29.5 Å². The Morgan fingerprint density at radius 2 is 1.88 bits per heavy atom. The number of nitrogens with zero attached hydrogens (tertiary/aromatic N) is 8. The van der Waals surface area contributed by atoms with Gasteiger partial charge in [0.15, 0.2) is 11.4 Å². The first-order chi connectivity index (χ1) is 22.9. The maximum atomic E-state index is 13.9. The zero-order chi connectivity index (χ0) is 35.0. The fraction of sp³-hybridized carbons (Fsp3) is 0.500. The van der Waals surface area contributed by atoms with Crippen molar-refractivity contribution in [1.82, 2.24) is 44.6 Å². The number of nitrogens with two attached hydrogens (primary N) is 1. The van der Waals surface area contributed by atoms with Crippen LogP contribution in [0.2, 0.25) is 25.7 Å². The lowest BCUT2D eigenvalue weighted by molar-refractivity contribution is 0.0562. The van der Waals surface area contributed by atoms with Crippen LogP contribution in [0.25, 0.3) is 16.8 Å². The third kappa shape index (κ3) is 8.60. The van der Waals surface area contributed by atoms with E-state index >= 15 is 0 Å². The summed E-state index contributed by atoms with van der Waals surface area (Å²) in [6, 6.07) is 3.94. The first kappa shape index (κ1) is 36.1. The molecule has 4 heterocycles. The molecule has 0 unspecified atom stereocenters. The van der Waals surface area contributed by atoms with E-state index in [0.29, 0.717) is 66.3 Å². The fourth-order valence-electron chi connectivity index (χ4n) is 5.39. The van der Waals surface area contributed by atoms with Gasteiger partial charge < -0.3 is 20.7 Å². The third-order valence-electron chi connectivity index (χ3n) is 8.02. The van der Waals surface area contributed by atoms with E-state index in [4.69, 9.17) is 15.5 Å². The summed E-state index contributed by atoms with van der Waals surface area (Å²) in [6.45, 7) is 13.7. The van der Waals surface area contributed by atoms with Crippen molar-refractivity contribution in [2.24, 2.45) is 0 Å². The zero-order valence-corrected chi connectivity index (χ0v) is 29.9. The van der Waals surface area contributed by atoms with E-state index in [-0.39, 0.29) is 42.1 Å². The Morgan fingerprint density at radius 3 is 2.50 bits per heavy atom. The third-order valence-corrected chi connectivity index (χ3v) is 9.73. The Kier molecular flexibility index (Phi) is 12.0. The Bertz CT molecular complexity index is 1730. The molecule has 4 N–H and O–H groups in total. The van der Waals surface area contributed by atoms with Crippen molar-refractivity contribution in [2.45, 2.75) is 84.9 Å². The van der Waals surface area contributed by atoms with Crippen molar-refractivity contribution >= 4 is 43.1 Å². The van der Waals surface area contributed by atoms with Crippen LogP contribution in [0.4, 0.5) is 16.4 Å². The maximum Gasteiger partial charge on any atom is 0.320 e. The number of hydrogen-bond donors (Lipinski definition) is 3. The van der Waals surface area contributed by atoms with Crippen LogP contribution < -0.4 is 16.4 Å². The molecule has 1 atom stereocenters. The molecule has 0 aliphatic rings. The molecule has 0 bridgehead atoms. The molecule has 258 valence electrons. The smallest absolute Gasteiger partial charge is 0.320 e. The van der Waals surface area contributed by atoms with Crippen LogP contribution in [0.5, 0.6) is 0 Å². The monoisotopic (exact) mass is 677 g/mol. The molecule has 15 nitrogen and oxygen atoms in total. The number of pyridine rings is 1. The van der Waals surface area contributed by atoms with E-state index < -0.39 is 8.07 Å². The summed E-state index contributed by atoms with van der Waals surface area (Å²) < 4.78 is 8.83. The number of carbonyl (C=O) groups is 3. The number of hydrogen-bond acceptors (Lipinski definition) is 10. The molecule has 0 radical (unpaired) electrons. The molecule has 48 heavy (non-hydrogen) atoms. The lowest BCUT2D eigenvalue weighted by atomic mass is 10.0. The summed E-state index contributed by atoms with van der Waals surface area (Å²) >= 11 is 0. The SMILES string of the molecule is CCCN(C(=O)c1ncnn1COCC[Si](C)(C)C)[C@H](CC)CCc1nc2c(-c3ccc(NC(=O)NC)nc3)cnn2c(N)c1C(C)=O. The number of anilines is 2. The van der Waals surface area contributed by atoms with Gasteiger partial charge in [-0.25, -0.2) is 24.4 Å². The number of nitrogens with one attached hydrogen (secondary N) is 2. The number of Topliss-reactive ketones (excluding diaryl/α,β-unsaturated/α-hetero) is 1. The molecule has 4 aromatic heterocycles. The average Bonchev–Trinajstić information content (AvgIpc) is 3.70. The van der Waals surface area contributed by atoms with Gasteiger partial charge in [-0.05, 0) is 50.8 Å². The van der Waals surface area contributed by atoms with E-state index in [2.05, 4.69) is 50.4 Å². The summed E-state index contributed by atoms with van der Waals surface area (Å²) in [5, 5.41) is 13.8. The van der Waals surface area contributed by atoms with Gasteiger partial charge in [0.2, 0.25) is 5.82 Å². The lowest BCUT2D eigenvalue weighted by Crippen LogP contribution is -2.42. The van der Waals surface area contributed by atoms with Crippen molar-refractivity contribution in [2.75, 3.05) is 31.2 Å². The number of aryl methyl sites for hydroxylation is 1. The molecule has 0 aromatic carbocycles. The van der Waals surface area contributed by atoms with Crippen LogP contribution in [-0.2, 0) is 17.9 Å². The number of aromatic nitrogens is 7. The van der Waals surface area contributed by atoms with Crippen LogP contribution in [0.1, 0.15) is 66.7 Å². The molecule has 0 aliphatic carbocycles. The van der Waals surface area contributed by atoms with Gasteiger partial charge in [0.05, 0.1) is 17.5 Å². The second-order valence-corrected chi connectivity index (χ2v) is 18.5. The van der Waals surface area contributed by atoms with E-state index in [1.54, 1.807) is 24.5 Å². The number of carbonyl (C=O) groups excluding carboxylic acids is 3. The highest BCUT2D eigenvalue weighted by Crippen LogP contribution is 2.29. The lowest BCUT2D eigenvalue weighted by Gasteiger charge is -2.31. The molecule has 4 aromatic rings. The van der Waals surface area contributed by atoms with Crippen molar-refractivity contribution < 1.29 is 19.1 Å². The fourth-order valence-corrected chi connectivity index (χ4v) is 6.15. The summed E-state index contributed by atoms with van der Waals surface area (Å²) in [5.41, 5.74) is 9.21. The van der Waals surface area contributed by atoms with Gasteiger partial charge in [-0.3, -0.25) is 14.9 Å². The molecule has 0 spiro atoms. The first-order valence-electron chi connectivity index (χ1n) is 16.3. The summed E-state index contributed by atoms with van der Waals surface area (Å²) in [4.78, 5) is 53.8. The summed E-state index contributed by atoms with van der Waals surface area (Å²) in [6.07, 6.45) is 6.98. The van der Waals surface area contributed by atoms with Crippen LogP contribution in [0, 0.1) is 0 Å². The summed E-state index contributed by atoms with van der Waals surface area (Å²) in [5.74, 6) is 0.362. The minimum absolute atomic E-state index is 0.157. The number of amides is 3. The average molecular weight is 678 g/mol. The predicted molar refractivity (Wildman–Crippen MR) is 187 cm³/mol. The predicted octanol–water partition coefficient (Wildman–Crippen LogP) is 4.49. The number of fused-ring (bicyclic) bond motifs is 1. The van der Waals surface area contributed by atoms with Gasteiger partial charge in [0.25, 0.3) is 5.91 Å². The minimum atomic E-state index is -1.26. The van der Waals surface area contributed by atoms with E-state index in [0.717, 1.165) is 12.5 Å². The number of urea groups is 1. The largest absolute Gasteiger partial charge is 0.383 e. The number of nitrogen functional groups attached to an aromatic ring is 1. The first-order valence-corrected chi connectivity index (χ1v) is 20.0. The number of ketones is 1. The quantitative estimate of drug-likeness (QED) is 0.0866. The molecule has 0 aliphatic heterocycles. The van der Waals surface area contributed by atoms with Gasteiger partial charge in [-0.15, -0.1) is 0 Å². The van der Waals surface area contributed by atoms with Crippen molar-refractivity contribution in [3.8, 4) is 11.1 Å². The molecule has 0 saturated carbocycles. The Labute approximate surface area is 281 Å². The van der Waals surface area contributed by atoms with Crippen LogP contribution >= 0.6 is 0 Å². The van der Waals surface area contributed by atoms with Gasteiger partial charge in [-0.2, -0.15) is 14.7 Å². The molecular weight excluding hydrogens is 631 g/mol. The van der Waals surface area contributed by atoms with Crippen LogP contribution in [-0.4, -0.2) is 91.3 Å². The Balaban J connectivity index is 1.59.